The lowest BCUT2D eigenvalue weighted by Crippen LogP contribution is -2.32. The van der Waals surface area contributed by atoms with Crippen LogP contribution < -0.4 is 5.32 Å². The summed E-state index contributed by atoms with van der Waals surface area (Å²) in [6.45, 7) is 3.38. The van der Waals surface area contributed by atoms with Crippen LogP contribution in [-0.2, 0) is 0 Å². The van der Waals surface area contributed by atoms with E-state index in [1.807, 2.05) is 11.8 Å². The molecule has 0 aliphatic carbocycles. The van der Waals surface area contributed by atoms with Crippen LogP contribution in [0.3, 0.4) is 0 Å². The Balaban J connectivity index is 1.89. The first kappa shape index (κ1) is 13.4. The minimum Gasteiger partial charge on any atom is -0.313 e. The van der Waals surface area contributed by atoms with E-state index in [0.29, 0.717) is 12.0 Å². The van der Waals surface area contributed by atoms with Gasteiger partial charge in [-0.25, -0.2) is 0 Å². The molecule has 1 N–H and O–H groups in total. The molecule has 1 aliphatic rings. The van der Waals surface area contributed by atoms with Crippen LogP contribution in [0, 0.1) is 0 Å². The Bertz CT molecular complexity index is 356. The van der Waals surface area contributed by atoms with E-state index in [1.54, 1.807) is 5.56 Å². The van der Waals surface area contributed by atoms with Crippen molar-refractivity contribution >= 4 is 27.7 Å². The lowest BCUT2D eigenvalue weighted by molar-refractivity contribution is 0.472. The van der Waals surface area contributed by atoms with Crippen LogP contribution in [0.1, 0.15) is 31.2 Å². The highest BCUT2D eigenvalue weighted by Crippen LogP contribution is 2.38. The molecule has 0 radical (unpaired) electrons. The SMILES string of the molecule is CCC(CCBr)NCC1CSc2ccccc21. The second-order valence-corrected chi connectivity index (χ2v) is 6.39. The number of halogens is 1. The zero-order chi connectivity index (χ0) is 12.1. The van der Waals surface area contributed by atoms with Crippen molar-refractivity contribution in [3.63, 3.8) is 0 Å². The highest BCUT2D eigenvalue weighted by Gasteiger charge is 2.22. The van der Waals surface area contributed by atoms with Gasteiger partial charge in [0.05, 0.1) is 0 Å². The quantitative estimate of drug-likeness (QED) is 0.796. The zero-order valence-electron chi connectivity index (χ0n) is 10.3. The number of benzene rings is 1. The van der Waals surface area contributed by atoms with E-state index < -0.39 is 0 Å². The highest BCUT2D eigenvalue weighted by atomic mass is 79.9. The van der Waals surface area contributed by atoms with Crippen molar-refractivity contribution in [3.8, 4) is 0 Å². The third-order valence-corrected chi connectivity index (χ3v) is 5.11. The molecular weight excluding hydrogens is 294 g/mol. The fraction of sp³-hybridized carbons (Fsp3) is 0.571. The van der Waals surface area contributed by atoms with E-state index in [2.05, 4.69) is 52.4 Å². The van der Waals surface area contributed by atoms with E-state index in [-0.39, 0.29) is 0 Å². The molecule has 0 amide bonds. The van der Waals surface area contributed by atoms with Gasteiger partial charge in [0.15, 0.2) is 0 Å². The Hall–Kier alpha value is 0.0100. The summed E-state index contributed by atoms with van der Waals surface area (Å²) in [5, 5.41) is 4.80. The molecule has 2 unspecified atom stereocenters. The van der Waals surface area contributed by atoms with Gasteiger partial charge in [0, 0.05) is 34.5 Å². The van der Waals surface area contributed by atoms with Crippen LogP contribution in [0.5, 0.6) is 0 Å². The monoisotopic (exact) mass is 313 g/mol. The molecular formula is C14H20BrNS. The molecule has 0 spiro atoms. The minimum absolute atomic E-state index is 0.659. The van der Waals surface area contributed by atoms with Crippen molar-refractivity contribution < 1.29 is 0 Å². The Morgan fingerprint density at radius 1 is 1.47 bits per heavy atom. The Kier molecular flexibility index (Phi) is 5.39. The summed E-state index contributed by atoms with van der Waals surface area (Å²) in [4.78, 5) is 1.48. The maximum Gasteiger partial charge on any atom is 0.0108 e. The van der Waals surface area contributed by atoms with Crippen molar-refractivity contribution in [2.75, 3.05) is 17.6 Å². The molecule has 2 rings (SSSR count). The second kappa shape index (κ2) is 6.81. The molecule has 1 aromatic carbocycles. The number of thioether (sulfide) groups is 1. The van der Waals surface area contributed by atoms with Gasteiger partial charge in [-0.05, 0) is 24.5 Å². The van der Waals surface area contributed by atoms with E-state index in [0.717, 1.165) is 11.9 Å². The van der Waals surface area contributed by atoms with Gasteiger partial charge in [-0.15, -0.1) is 11.8 Å². The third kappa shape index (κ3) is 3.49. The molecule has 0 bridgehead atoms. The van der Waals surface area contributed by atoms with Gasteiger partial charge >= 0.3 is 0 Å². The zero-order valence-corrected chi connectivity index (χ0v) is 12.7. The molecule has 0 fully saturated rings. The maximum atomic E-state index is 3.71. The summed E-state index contributed by atoms with van der Waals surface area (Å²) in [5.74, 6) is 1.93. The summed E-state index contributed by atoms with van der Waals surface area (Å²) in [5.41, 5.74) is 1.54. The summed E-state index contributed by atoms with van der Waals surface area (Å²) in [6.07, 6.45) is 2.44. The van der Waals surface area contributed by atoms with E-state index in [4.69, 9.17) is 0 Å². The molecule has 17 heavy (non-hydrogen) atoms. The first-order valence-corrected chi connectivity index (χ1v) is 8.47. The average Bonchev–Trinajstić information content (AvgIpc) is 2.78. The lowest BCUT2D eigenvalue weighted by Gasteiger charge is -2.19. The van der Waals surface area contributed by atoms with Crippen LogP contribution in [-0.4, -0.2) is 23.7 Å². The molecule has 1 heterocycles. The first-order chi connectivity index (χ1) is 8.35. The third-order valence-electron chi connectivity index (χ3n) is 3.40. The number of fused-ring (bicyclic) bond motifs is 1. The predicted molar refractivity (Wildman–Crippen MR) is 80.4 cm³/mol. The van der Waals surface area contributed by atoms with Crippen molar-refractivity contribution in [2.45, 2.75) is 36.6 Å². The largest absolute Gasteiger partial charge is 0.313 e. The van der Waals surface area contributed by atoms with E-state index in [1.165, 1.54) is 23.5 Å². The fourth-order valence-corrected chi connectivity index (χ4v) is 4.10. The standard InChI is InChI=1S/C14H20BrNS/c1-2-12(7-8-15)16-9-11-10-17-14-6-4-3-5-13(11)14/h3-6,11-12,16H,2,7-10H2,1H3. The molecule has 0 saturated carbocycles. The molecule has 94 valence electrons. The van der Waals surface area contributed by atoms with Gasteiger partial charge in [-0.2, -0.15) is 0 Å². The highest BCUT2D eigenvalue weighted by molar-refractivity contribution is 9.09. The van der Waals surface area contributed by atoms with Gasteiger partial charge in [-0.3, -0.25) is 0 Å². The van der Waals surface area contributed by atoms with Crippen LogP contribution >= 0.6 is 27.7 Å². The van der Waals surface area contributed by atoms with Gasteiger partial charge in [-0.1, -0.05) is 41.1 Å². The Morgan fingerprint density at radius 2 is 2.29 bits per heavy atom. The van der Waals surface area contributed by atoms with Gasteiger partial charge in [0.25, 0.3) is 0 Å². The van der Waals surface area contributed by atoms with Crippen molar-refractivity contribution in [1.29, 1.82) is 0 Å². The second-order valence-electron chi connectivity index (χ2n) is 4.54. The number of hydrogen-bond donors (Lipinski definition) is 1. The van der Waals surface area contributed by atoms with Crippen LogP contribution in [0.25, 0.3) is 0 Å². The smallest absolute Gasteiger partial charge is 0.0108 e. The molecule has 1 aromatic rings. The summed E-state index contributed by atoms with van der Waals surface area (Å²) in [7, 11) is 0. The fourth-order valence-electron chi connectivity index (χ4n) is 2.29. The molecule has 0 aromatic heterocycles. The van der Waals surface area contributed by atoms with Crippen LogP contribution in [0.15, 0.2) is 29.2 Å². The van der Waals surface area contributed by atoms with Gasteiger partial charge in [0.2, 0.25) is 0 Å². The maximum absolute atomic E-state index is 3.71. The Labute approximate surface area is 117 Å². The molecule has 1 nitrogen and oxygen atoms in total. The number of rotatable bonds is 6. The normalized spacial score (nSPS) is 20.2. The van der Waals surface area contributed by atoms with Gasteiger partial charge < -0.3 is 5.32 Å². The number of nitrogens with one attached hydrogen (secondary N) is 1. The van der Waals surface area contributed by atoms with E-state index >= 15 is 0 Å². The number of hydrogen-bond acceptors (Lipinski definition) is 2. The Morgan fingerprint density at radius 3 is 3.06 bits per heavy atom. The molecule has 1 aliphatic heterocycles. The van der Waals surface area contributed by atoms with Crippen LogP contribution in [0.2, 0.25) is 0 Å². The van der Waals surface area contributed by atoms with Crippen LogP contribution in [0.4, 0.5) is 0 Å². The molecule has 0 saturated heterocycles. The van der Waals surface area contributed by atoms with E-state index in [9.17, 15) is 0 Å². The van der Waals surface area contributed by atoms with Crippen molar-refractivity contribution in [3.05, 3.63) is 29.8 Å². The molecule has 2 atom stereocenters. The lowest BCUT2D eigenvalue weighted by atomic mass is 10.0. The first-order valence-electron chi connectivity index (χ1n) is 6.36. The number of alkyl halides is 1. The van der Waals surface area contributed by atoms with Gasteiger partial charge in [0.1, 0.15) is 0 Å². The van der Waals surface area contributed by atoms with Crippen molar-refractivity contribution in [2.24, 2.45) is 0 Å². The minimum atomic E-state index is 0.659. The van der Waals surface area contributed by atoms with Crippen molar-refractivity contribution in [1.82, 2.24) is 5.32 Å². The summed E-state index contributed by atoms with van der Waals surface area (Å²) in [6, 6.07) is 9.49. The molecule has 3 heteroatoms. The topological polar surface area (TPSA) is 12.0 Å². The summed E-state index contributed by atoms with van der Waals surface area (Å²) < 4.78 is 0. The predicted octanol–water partition coefficient (Wildman–Crippen LogP) is 4.03. The average molecular weight is 314 g/mol. The summed E-state index contributed by atoms with van der Waals surface area (Å²) >= 11 is 5.53.